The fraction of sp³-hybridized carbons (Fsp3) is 0.381. The van der Waals surface area contributed by atoms with E-state index in [1.807, 2.05) is 43.3 Å². The van der Waals surface area contributed by atoms with Crippen molar-refractivity contribution in [2.24, 2.45) is 0 Å². The van der Waals surface area contributed by atoms with E-state index in [0.29, 0.717) is 24.5 Å². The highest BCUT2D eigenvalue weighted by Crippen LogP contribution is 2.21. The molecule has 4 nitrogen and oxygen atoms in total. The zero-order valence-electron chi connectivity index (χ0n) is 15.4. The average molecular weight is 340 g/mol. The molecule has 0 fully saturated rings. The van der Waals surface area contributed by atoms with Crippen molar-refractivity contribution in [3.05, 3.63) is 65.7 Å². The summed E-state index contributed by atoms with van der Waals surface area (Å²) in [5, 5.41) is 3.08. The minimum atomic E-state index is -0.0999. The van der Waals surface area contributed by atoms with Gasteiger partial charge < -0.3 is 10.1 Å². The number of likely N-dealkylation sites (N-methyl/N-ethyl adjacent to an activating group) is 1. The molecule has 1 unspecified atom stereocenters. The highest BCUT2D eigenvalue weighted by Gasteiger charge is 2.20. The lowest BCUT2D eigenvalue weighted by molar-refractivity contribution is 0.0931. The summed E-state index contributed by atoms with van der Waals surface area (Å²) in [6.07, 6.45) is 0. The Kier molecular flexibility index (Phi) is 7.48. The number of amides is 1. The van der Waals surface area contributed by atoms with Crippen LogP contribution in [0.3, 0.4) is 0 Å². The van der Waals surface area contributed by atoms with Crippen LogP contribution in [0.2, 0.25) is 0 Å². The Morgan fingerprint density at radius 1 is 1.00 bits per heavy atom. The Morgan fingerprint density at radius 2 is 1.64 bits per heavy atom. The van der Waals surface area contributed by atoms with Crippen LogP contribution in [0.1, 0.15) is 42.7 Å². The first-order chi connectivity index (χ1) is 12.2. The van der Waals surface area contributed by atoms with Crippen LogP contribution in [0, 0.1) is 0 Å². The molecule has 1 atom stereocenters. The zero-order chi connectivity index (χ0) is 18.1. The number of nitrogens with one attached hydrogen (secondary N) is 1. The second-order valence-corrected chi connectivity index (χ2v) is 5.79. The quantitative estimate of drug-likeness (QED) is 0.753. The lowest BCUT2D eigenvalue weighted by atomic mass is 10.0. The van der Waals surface area contributed by atoms with Gasteiger partial charge in [-0.05, 0) is 37.7 Å². The number of rotatable bonds is 9. The molecule has 0 aliphatic heterocycles. The van der Waals surface area contributed by atoms with Crippen molar-refractivity contribution in [3.63, 3.8) is 0 Å². The first-order valence-corrected chi connectivity index (χ1v) is 9.00. The van der Waals surface area contributed by atoms with Crippen molar-refractivity contribution >= 4 is 5.91 Å². The number of para-hydroxylation sites is 1. The third-order valence-electron chi connectivity index (χ3n) is 4.32. The summed E-state index contributed by atoms with van der Waals surface area (Å²) < 4.78 is 5.57. The maximum atomic E-state index is 12.7. The van der Waals surface area contributed by atoms with E-state index >= 15 is 0 Å². The highest BCUT2D eigenvalue weighted by molar-refractivity contribution is 5.96. The molecule has 0 spiro atoms. The summed E-state index contributed by atoms with van der Waals surface area (Å²) in [6.45, 7) is 9.17. The van der Waals surface area contributed by atoms with E-state index in [0.717, 1.165) is 13.1 Å². The molecule has 0 bridgehead atoms. The lowest BCUT2D eigenvalue weighted by Gasteiger charge is -2.30. The summed E-state index contributed by atoms with van der Waals surface area (Å²) in [4.78, 5) is 15.0. The standard InChI is InChI=1S/C21H28N2O2/c1-4-23(5-2)19(17-12-8-7-9-13-17)16-22-21(24)18-14-10-11-15-20(18)25-6-3/h7-15,19H,4-6,16H2,1-3H3,(H,22,24). The van der Waals surface area contributed by atoms with Crippen LogP contribution in [0.25, 0.3) is 0 Å². The van der Waals surface area contributed by atoms with E-state index in [1.54, 1.807) is 6.07 Å². The predicted octanol–water partition coefficient (Wildman–Crippen LogP) is 3.90. The van der Waals surface area contributed by atoms with Gasteiger partial charge in [0.25, 0.3) is 5.91 Å². The van der Waals surface area contributed by atoms with Gasteiger partial charge >= 0.3 is 0 Å². The van der Waals surface area contributed by atoms with Crippen LogP contribution in [0.5, 0.6) is 5.75 Å². The summed E-state index contributed by atoms with van der Waals surface area (Å²) in [6, 6.07) is 17.8. The number of benzene rings is 2. The molecule has 0 aromatic heterocycles. The van der Waals surface area contributed by atoms with Crippen molar-refractivity contribution in [1.29, 1.82) is 0 Å². The first-order valence-electron chi connectivity index (χ1n) is 9.00. The highest BCUT2D eigenvalue weighted by atomic mass is 16.5. The van der Waals surface area contributed by atoms with E-state index in [4.69, 9.17) is 4.74 Å². The zero-order valence-corrected chi connectivity index (χ0v) is 15.4. The molecule has 2 aromatic carbocycles. The first kappa shape index (κ1) is 19.0. The fourth-order valence-corrected chi connectivity index (χ4v) is 3.02. The van der Waals surface area contributed by atoms with Gasteiger partial charge in [-0.2, -0.15) is 0 Å². The Balaban J connectivity index is 2.14. The van der Waals surface area contributed by atoms with Crippen molar-refractivity contribution < 1.29 is 9.53 Å². The lowest BCUT2D eigenvalue weighted by Crippen LogP contribution is -2.38. The third kappa shape index (κ3) is 5.07. The van der Waals surface area contributed by atoms with Crippen LogP contribution in [0.4, 0.5) is 0 Å². The molecule has 0 saturated heterocycles. The second-order valence-electron chi connectivity index (χ2n) is 5.79. The molecule has 1 amide bonds. The van der Waals surface area contributed by atoms with Crippen LogP contribution in [-0.2, 0) is 0 Å². The number of hydrogen-bond donors (Lipinski definition) is 1. The topological polar surface area (TPSA) is 41.6 Å². The molecule has 134 valence electrons. The minimum absolute atomic E-state index is 0.0999. The van der Waals surface area contributed by atoms with Crippen LogP contribution >= 0.6 is 0 Å². The molecule has 0 aliphatic rings. The number of ether oxygens (including phenoxy) is 1. The number of carbonyl (C=O) groups excluding carboxylic acids is 1. The molecule has 0 heterocycles. The van der Waals surface area contributed by atoms with Crippen molar-refractivity contribution in [2.75, 3.05) is 26.2 Å². The number of carbonyl (C=O) groups is 1. The van der Waals surface area contributed by atoms with Gasteiger partial charge in [0, 0.05) is 6.54 Å². The summed E-state index contributed by atoms with van der Waals surface area (Å²) in [7, 11) is 0. The Bertz CT molecular complexity index is 654. The molecule has 2 rings (SSSR count). The molecule has 0 radical (unpaired) electrons. The Labute approximate surface area is 150 Å². The van der Waals surface area contributed by atoms with Crippen molar-refractivity contribution in [1.82, 2.24) is 10.2 Å². The molecule has 0 aliphatic carbocycles. The molecule has 2 aromatic rings. The fourth-order valence-electron chi connectivity index (χ4n) is 3.02. The molecular formula is C21H28N2O2. The van der Waals surface area contributed by atoms with Gasteiger partial charge in [0.2, 0.25) is 0 Å². The maximum absolute atomic E-state index is 12.7. The van der Waals surface area contributed by atoms with E-state index in [1.165, 1.54) is 5.56 Å². The number of nitrogens with zero attached hydrogens (tertiary/aromatic N) is 1. The van der Waals surface area contributed by atoms with Gasteiger partial charge in [-0.1, -0.05) is 56.3 Å². The molecule has 4 heteroatoms. The van der Waals surface area contributed by atoms with Crippen molar-refractivity contribution in [2.45, 2.75) is 26.8 Å². The molecule has 25 heavy (non-hydrogen) atoms. The van der Waals surface area contributed by atoms with E-state index in [-0.39, 0.29) is 11.9 Å². The van der Waals surface area contributed by atoms with Gasteiger partial charge in [0.1, 0.15) is 5.75 Å². The van der Waals surface area contributed by atoms with Gasteiger partial charge in [-0.15, -0.1) is 0 Å². The van der Waals surface area contributed by atoms with Gasteiger partial charge in [-0.3, -0.25) is 9.69 Å². The molecule has 0 saturated carbocycles. The van der Waals surface area contributed by atoms with E-state index < -0.39 is 0 Å². The SMILES string of the molecule is CCOc1ccccc1C(=O)NCC(c1ccccc1)N(CC)CC. The van der Waals surface area contributed by atoms with Gasteiger partial charge in [0.15, 0.2) is 0 Å². The maximum Gasteiger partial charge on any atom is 0.255 e. The van der Waals surface area contributed by atoms with Crippen LogP contribution < -0.4 is 10.1 Å². The van der Waals surface area contributed by atoms with Gasteiger partial charge in [0.05, 0.1) is 18.2 Å². The van der Waals surface area contributed by atoms with E-state index in [9.17, 15) is 4.79 Å². The summed E-state index contributed by atoms with van der Waals surface area (Å²) in [5.41, 5.74) is 1.79. The summed E-state index contributed by atoms with van der Waals surface area (Å²) >= 11 is 0. The van der Waals surface area contributed by atoms with Gasteiger partial charge in [-0.25, -0.2) is 0 Å². The van der Waals surface area contributed by atoms with Crippen LogP contribution in [-0.4, -0.2) is 37.0 Å². The van der Waals surface area contributed by atoms with Crippen LogP contribution in [0.15, 0.2) is 54.6 Å². The van der Waals surface area contributed by atoms with E-state index in [2.05, 4.69) is 36.2 Å². The number of hydrogen-bond acceptors (Lipinski definition) is 3. The minimum Gasteiger partial charge on any atom is -0.493 e. The smallest absolute Gasteiger partial charge is 0.255 e. The Morgan fingerprint density at radius 3 is 2.28 bits per heavy atom. The Hall–Kier alpha value is -2.33. The van der Waals surface area contributed by atoms with Crippen molar-refractivity contribution in [3.8, 4) is 5.75 Å². The monoisotopic (exact) mass is 340 g/mol. The summed E-state index contributed by atoms with van der Waals surface area (Å²) in [5.74, 6) is 0.527. The predicted molar refractivity (Wildman–Crippen MR) is 102 cm³/mol. The molecule has 1 N–H and O–H groups in total. The molecular weight excluding hydrogens is 312 g/mol. The normalized spacial score (nSPS) is 12.0. The third-order valence-corrected chi connectivity index (χ3v) is 4.32. The largest absolute Gasteiger partial charge is 0.493 e. The average Bonchev–Trinajstić information content (AvgIpc) is 2.66. The second kappa shape index (κ2) is 9.84.